The summed E-state index contributed by atoms with van der Waals surface area (Å²) in [6.07, 6.45) is 1.58. The standard InChI is InChI=1S/C19H20ClNO3/c1-5-24-19(23)16(14(4)22)11-15-10-12(2)21(13(15)3)18-9-7-6-8-17(18)20/h6-11H,5H2,1-4H3/b16-11+. The van der Waals surface area contributed by atoms with E-state index in [9.17, 15) is 9.59 Å². The van der Waals surface area contributed by atoms with Gasteiger partial charge in [0.2, 0.25) is 0 Å². The van der Waals surface area contributed by atoms with Gasteiger partial charge < -0.3 is 9.30 Å². The average Bonchev–Trinajstić information content (AvgIpc) is 2.79. The number of ether oxygens (including phenoxy) is 1. The average molecular weight is 346 g/mol. The molecule has 5 heteroatoms. The van der Waals surface area contributed by atoms with Gasteiger partial charge in [-0.1, -0.05) is 23.7 Å². The van der Waals surface area contributed by atoms with Crippen LogP contribution in [0.3, 0.4) is 0 Å². The third kappa shape index (κ3) is 3.60. The number of carbonyl (C=O) groups is 2. The topological polar surface area (TPSA) is 48.3 Å². The summed E-state index contributed by atoms with van der Waals surface area (Å²) < 4.78 is 6.96. The number of rotatable bonds is 5. The molecule has 1 aromatic heterocycles. The molecule has 4 nitrogen and oxygen atoms in total. The van der Waals surface area contributed by atoms with Crippen LogP contribution < -0.4 is 0 Å². The maximum Gasteiger partial charge on any atom is 0.341 e. The highest BCUT2D eigenvalue weighted by Crippen LogP contribution is 2.27. The summed E-state index contributed by atoms with van der Waals surface area (Å²) in [5.74, 6) is -0.927. The minimum absolute atomic E-state index is 0.0382. The number of para-hydroxylation sites is 1. The Balaban J connectivity index is 2.56. The number of hydrogen-bond acceptors (Lipinski definition) is 3. The van der Waals surface area contributed by atoms with Crippen molar-refractivity contribution in [2.45, 2.75) is 27.7 Å². The molecule has 0 N–H and O–H groups in total. The Morgan fingerprint density at radius 2 is 1.92 bits per heavy atom. The van der Waals surface area contributed by atoms with E-state index in [1.807, 2.05) is 48.7 Å². The molecule has 1 heterocycles. The van der Waals surface area contributed by atoms with Gasteiger partial charge in [0.1, 0.15) is 5.57 Å². The van der Waals surface area contributed by atoms with E-state index in [4.69, 9.17) is 16.3 Å². The molecule has 1 aromatic carbocycles. The fourth-order valence-electron chi connectivity index (χ4n) is 2.61. The number of benzene rings is 1. The molecule has 0 amide bonds. The lowest BCUT2D eigenvalue weighted by molar-refractivity contribution is -0.139. The Bertz CT molecular complexity index is 818. The quantitative estimate of drug-likeness (QED) is 0.351. The van der Waals surface area contributed by atoms with Crippen molar-refractivity contribution in [2.75, 3.05) is 6.61 Å². The maximum atomic E-state index is 12.0. The lowest BCUT2D eigenvalue weighted by Gasteiger charge is -2.11. The molecule has 0 spiro atoms. The summed E-state index contributed by atoms with van der Waals surface area (Å²) in [5.41, 5.74) is 3.53. The minimum Gasteiger partial charge on any atom is -0.462 e. The molecule has 2 aromatic rings. The number of aromatic nitrogens is 1. The van der Waals surface area contributed by atoms with Gasteiger partial charge in [0.15, 0.2) is 5.78 Å². The molecular weight excluding hydrogens is 326 g/mol. The van der Waals surface area contributed by atoms with Crippen LogP contribution in [0.1, 0.15) is 30.8 Å². The van der Waals surface area contributed by atoms with Crippen molar-refractivity contribution in [3.63, 3.8) is 0 Å². The number of esters is 1. The van der Waals surface area contributed by atoms with Gasteiger partial charge >= 0.3 is 5.97 Å². The van der Waals surface area contributed by atoms with E-state index in [1.165, 1.54) is 6.92 Å². The molecule has 0 unspecified atom stereocenters. The van der Waals surface area contributed by atoms with Gasteiger partial charge in [-0.25, -0.2) is 4.79 Å². The number of nitrogens with zero attached hydrogens (tertiary/aromatic N) is 1. The Labute approximate surface area is 146 Å². The second-order valence-corrected chi connectivity index (χ2v) is 5.86. The molecule has 126 valence electrons. The fraction of sp³-hybridized carbons (Fsp3) is 0.263. The Morgan fingerprint density at radius 1 is 1.25 bits per heavy atom. The summed E-state index contributed by atoms with van der Waals surface area (Å²) in [4.78, 5) is 23.8. The molecule has 2 rings (SSSR count). The predicted molar refractivity (Wildman–Crippen MR) is 95.5 cm³/mol. The Morgan fingerprint density at radius 3 is 2.50 bits per heavy atom. The van der Waals surface area contributed by atoms with Crippen molar-refractivity contribution in [2.24, 2.45) is 0 Å². The van der Waals surface area contributed by atoms with Crippen LogP contribution in [0.2, 0.25) is 5.02 Å². The fourth-order valence-corrected chi connectivity index (χ4v) is 2.83. The number of halogens is 1. The molecule has 0 saturated carbocycles. The van der Waals surface area contributed by atoms with Crippen LogP contribution in [0, 0.1) is 13.8 Å². The second kappa shape index (κ2) is 7.49. The largest absolute Gasteiger partial charge is 0.462 e. The molecule has 0 fully saturated rings. The highest BCUT2D eigenvalue weighted by Gasteiger charge is 2.18. The van der Waals surface area contributed by atoms with Crippen molar-refractivity contribution < 1.29 is 14.3 Å². The zero-order chi connectivity index (χ0) is 17.9. The number of hydrogen-bond donors (Lipinski definition) is 0. The van der Waals surface area contributed by atoms with Gasteiger partial charge in [0.05, 0.1) is 17.3 Å². The summed E-state index contributed by atoms with van der Waals surface area (Å²) in [6, 6.07) is 9.45. The number of ketones is 1. The lowest BCUT2D eigenvalue weighted by atomic mass is 10.1. The molecule has 24 heavy (non-hydrogen) atoms. The van der Waals surface area contributed by atoms with Crippen LogP contribution in [-0.4, -0.2) is 22.9 Å². The highest BCUT2D eigenvalue weighted by atomic mass is 35.5. The molecule has 0 radical (unpaired) electrons. The summed E-state index contributed by atoms with van der Waals surface area (Å²) in [7, 11) is 0. The summed E-state index contributed by atoms with van der Waals surface area (Å²) in [6.45, 7) is 7.16. The SMILES string of the molecule is CCOC(=O)/C(=C/c1cc(C)n(-c2ccccc2Cl)c1C)C(C)=O. The summed E-state index contributed by atoms with van der Waals surface area (Å²) >= 11 is 6.30. The van der Waals surface area contributed by atoms with Gasteiger partial charge in [-0.2, -0.15) is 0 Å². The van der Waals surface area contributed by atoms with Crippen molar-refractivity contribution in [1.29, 1.82) is 0 Å². The molecule has 0 aliphatic heterocycles. The maximum absolute atomic E-state index is 12.0. The molecule has 0 saturated heterocycles. The van der Waals surface area contributed by atoms with Gasteiger partial charge in [-0.15, -0.1) is 0 Å². The van der Waals surface area contributed by atoms with E-state index in [2.05, 4.69) is 0 Å². The van der Waals surface area contributed by atoms with Crippen LogP contribution in [0.15, 0.2) is 35.9 Å². The predicted octanol–water partition coefficient (Wildman–Crippen LogP) is 4.28. The van der Waals surface area contributed by atoms with Crippen molar-refractivity contribution in [1.82, 2.24) is 4.57 Å². The first-order valence-electron chi connectivity index (χ1n) is 7.70. The van der Waals surface area contributed by atoms with Gasteiger partial charge in [0.25, 0.3) is 0 Å². The molecule has 0 bridgehead atoms. The van der Waals surface area contributed by atoms with Gasteiger partial charge in [-0.05, 0) is 57.5 Å². The zero-order valence-corrected chi connectivity index (χ0v) is 15.0. The minimum atomic E-state index is -0.604. The van der Waals surface area contributed by atoms with E-state index in [-0.39, 0.29) is 18.0 Å². The highest BCUT2D eigenvalue weighted by molar-refractivity contribution is 6.32. The lowest BCUT2D eigenvalue weighted by Crippen LogP contribution is -2.13. The second-order valence-electron chi connectivity index (χ2n) is 5.45. The molecular formula is C19H20ClNO3. The Hall–Kier alpha value is -2.33. The van der Waals surface area contributed by atoms with E-state index in [0.717, 1.165) is 22.6 Å². The zero-order valence-electron chi connectivity index (χ0n) is 14.2. The normalized spacial score (nSPS) is 11.5. The third-order valence-corrected chi connectivity index (χ3v) is 4.06. The molecule has 0 aliphatic carbocycles. The van der Waals surface area contributed by atoms with Crippen LogP contribution in [0.25, 0.3) is 11.8 Å². The van der Waals surface area contributed by atoms with E-state index in [1.54, 1.807) is 13.0 Å². The van der Waals surface area contributed by atoms with E-state index in [0.29, 0.717) is 5.02 Å². The van der Waals surface area contributed by atoms with Gasteiger partial charge in [0, 0.05) is 11.4 Å². The van der Waals surface area contributed by atoms with Gasteiger partial charge in [-0.3, -0.25) is 4.79 Å². The van der Waals surface area contributed by atoms with E-state index < -0.39 is 5.97 Å². The Kier molecular flexibility index (Phi) is 5.62. The number of aryl methyl sites for hydroxylation is 1. The monoisotopic (exact) mass is 345 g/mol. The van der Waals surface area contributed by atoms with Crippen LogP contribution in [-0.2, 0) is 14.3 Å². The van der Waals surface area contributed by atoms with E-state index >= 15 is 0 Å². The van der Waals surface area contributed by atoms with Crippen molar-refractivity contribution in [3.05, 3.63) is 57.9 Å². The van der Waals surface area contributed by atoms with Crippen LogP contribution >= 0.6 is 11.6 Å². The van der Waals surface area contributed by atoms with Crippen LogP contribution in [0.5, 0.6) is 0 Å². The smallest absolute Gasteiger partial charge is 0.341 e. The van der Waals surface area contributed by atoms with Crippen LogP contribution in [0.4, 0.5) is 0 Å². The van der Waals surface area contributed by atoms with Crippen molar-refractivity contribution in [3.8, 4) is 5.69 Å². The molecule has 0 atom stereocenters. The summed E-state index contributed by atoms with van der Waals surface area (Å²) in [5, 5.41) is 0.631. The first kappa shape index (κ1) is 18.0. The molecule has 0 aliphatic rings. The first-order chi connectivity index (χ1) is 11.4. The third-order valence-electron chi connectivity index (χ3n) is 3.74. The van der Waals surface area contributed by atoms with Crippen molar-refractivity contribution >= 4 is 29.4 Å². The first-order valence-corrected chi connectivity index (χ1v) is 8.08. The number of Topliss-reactive ketones (excluding diaryl/α,β-unsaturated/α-hetero) is 1. The number of carbonyl (C=O) groups excluding carboxylic acids is 2.